The lowest BCUT2D eigenvalue weighted by molar-refractivity contribution is 0.408. The fraction of sp³-hybridized carbons (Fsp3) is 0.667. The zero-order chi connectivity index (χ0) is 12.2. The molecule has 1 N–H and O–H groups in total. The van der Waals surface area contributed by atoms with Crippen molar-refractivity contribution in [3.8, 4) is 6.07 Å². The normalized spacial score (nSPS) is 13.4. The second kappa shape index (κ2) is 5.13. The third-order valence-electron chi connectivity index (χ3n) is 2.40. The maximum Gasteiger partial charge on any atom is 0.123 e. The van der Waals surface area contributed by atoms with E-state index in [1.807, 2.05) is 17.7 Å². The van der Waals surface area contributed by atoms with Gasteiger partial charge in [-0.3, -0.25) is 0 Å². The molecule has 4 heteroatoms. The topological polar surface area (TPSA) is 53.6 Å². The minimum Gasteiger partial charge on any atom is -0.317 e. The van der Waals surface area contributed by atoms with Crippen LogP contribution in [0.3, 0.4) is 0 Å². The van der Waals surface area contributed by atoms with E-state index in [-0.39, 0.29) is 11.6 Å². The predicted molar refractivity (Wildman–Crippen MR) is 63.8 cm³/mol. The molecule has 1 rings (SSSR count). The zero-order valence-electron chi connectivity index (χ0n) is 10.5. The third kappa shape index (κ3) is 3.35. The number of hydrogen-bond acceptors (Lipinski definition) is 3. The first-order chi connectivity index (χ1) is 7.48. The summed E-state index contributed by atoms with van der Waals surface area (Å²) in [6, 6.07) is 2.18. The molecule has 1 atom stereocenters. The number of imidazole rings is 1. The van der Waals surface area contributed by atoms with Gasteiger partial charge in [-0.15, -0.1) is 0 Å². The molecule has 0 aromatic carbocycles. The molecule has 0 radical (unpaired) electrons. The van der Waals surface area contributed by atoms with E-state index in [2.05, 4.69) is 37.1 Å². The van der Waals surface area contributed by atoms with Crippen LogP contribution >= 0.6 is 0 Å². The molecule has 0 saturated heterocycles. The van der Waals surface area contributed by atoms with E-state index in [1.165, 1.54) is 0 Å². The van der Waals surface area contributed by atoms with Crippen LogP contribution in [0.15, 0.2) is 12.4 Å². The summed E-state index contributed by atoms with van der Waals surface area (Å²) in [4.78, 5) is 4.29. The summed E-state index contributed by atoms with van der Waals surface area (Å²) < 4.78 is 1.94. The predicted octanol–water partition coefficient (Wildman–Crippen LogP) is 2.25. The van der Waals surface area contributed by atoms with Crippen LogP contribution in [0, 0.1) is 11.3 Å². The Morgan fingerprint density at radius 1 is 1.56 bits per heavy atom. The molecule has 1 aromatic rings. The van der Waals surface area contributed by atoms with Crippen LogP contribution < -0.4 is 5.32 Å². The van der Waals surface area contributed by atoms with Gasteiger partial charge in [-0.2, -0.15) is 5.26 Å². The van der Waals surface area contributed by atoms with E-state index in [4.69, 9.17) is 5.26 Å². The van der Waals surface area contributed by atoms with Crippen molar-refractivity contribution in [2.75, 3.05) is 0 Å². The summed E-state index contributed by atoms with van der Waals surface area (Å²) in [6.45, 7) is 9.04. The lowest BCUT2D eigenvalue weighted by atomic mass is 10.1. The van der Waals surface area contributed by atoms with E-state index in [0.717, 1.165) is 12.2 Å². The molecule has 0 aliphatic carbocycles. The van der Waals surface area contributed by atoms with Crippen LogP contribution in [0.5, 0.6) is 0 Å². The van der Waals surface area contributed by atoms with Gasteiger partial charge >= 0.3 is 0 Å². The van der Waals surface area contributed by atoms with Gasteiger partial charge in [0, 0.05) is 17.9 Å². The molecule has 1 aromatic heterocycles. The second-order valence-corrected chi connectivity index (χ2v) is 4.91. The Bertz CT molecular complexity index is 367. The van der Waals surface area contributed by atoms with Crippen molar-refractivity contribution in [1.82, 2.24) is 14.9 Å². The van der Waals surface area contributed by atoms with Crippen LogP contribution in [0.1, 0.15) is 46.0 Å². The highest BCUT2D eigenvalue weighted by molar-refractivity contribution is 5.01. The molecular weight excluding hydrogens is 200 g/mol. The molecule has 0 aliphatic heterocycles. The molecule has 16 heavy (non-hydrogen) atoms. The van der Waals surface area contributed by atoms with Gasteiger partial charge in [0.1, 0.15) is 11.9 Å². The van der Waals surface area contributed by atoms with Gasteiger partial charge in [-0.1, -0.05) is 6.92 Å². The van der Waals surface area contributed by atoms with Gasteiger partial charge in [0.25, 0.3) is 0 Å². The van der Waals surface area contributed by atoms with Crippen molar-refractivity contribution in [3.63, 3.8) is 0 Å². The quantitative estimate of drug-likeness (QED) is 0.846. The average molecular weight is 220 g/mol. The summed E-state index contributed by atoms with van der Waals surface area (Å²) >= 11 is 0. The number of nitrogens with zero attached hydrogens (tertiary/aromatic N) is 3. The highest BCUT2D eigenvalue weighted by atomic mass is 15.1. The summed E-state index contributed by atoms with van der Waals surface area (Å²) in [5, 5.41) is 12.4. The highest BCUT2D eigenvalue weighted by Gasteiger charge is 2.14. The van der Waals surface area contributed by atoms with Crippen molar-refractivity contribution < 1.29 is 0 Å². The van der Waals surface area contributed by atoms with Crippen molar-refractivity contribution in [2.24, 2.45) is 0 Å². The Kier molecular flexibility index (Phi) is 4.08. The minimum atomic E-state index is -0.112. The summed E-state index contributed by atoms with van der Waals surface area (Å²) in [7, 11) is 0. The lowest BCUT2D eigenvalue weighted by Gasteiger charge is -2.21. The largest absolute Gasteiger partial charge is 0.317 e. The third-order valence-corrected chi connectivity index (χ3v) is 2.40. The Morgan fingerprint density at radius 3 is 2.75 bits per heavy atom. The summed E-state index contributed by atoms with van der Waals surface area (Å²) in [5.41, 5.74) is 0.0606. The van der Waals surface area contributed by atoms with Gasteiger partial charge in [0.2, 0.25) is 0 Å². The summed E-state index contributed by atoms with van der Waals surface area (Å²) in [5.74, 6) is 0.920. The molecule has 1 heterocycles. The molecule has 1 unspecified atom stereocenters. The van der Waals surface area contributed by atoms with Crippen LogP contribution in [-0.4, -0.2) is 15.1 Å². The average Bonchev–Trinajstić information content (AvgIpc) is 2.64. The fourth-order valence-electron chi connectivity index (χ4n) is 1.46. The lowest BCUT2D eigenvalue weighted by Crippen LogP contribution is -2.36. The van der Waals surface area contributed by atoms with Gasteiger partial charge in [0.05, 0.1) is 12.6 Å². The summed E-state index contributed by atoms with van der Waals surface area (Å²) in [6.07, 6.45) is 4.42. The zero-order valence-corrected chi connectivity index (χ0v) is 10.5. The Balaban J connectivity index is 2.75. The standard InChI is InChI=1S/C12H20N4/c1-5-10(8-13)16-7-6-14-11(16)9-15-12(2,3)4/h6-7,10,15H,5,9H2,1-4H3. The molecule has 88 valence electrons. The van der Waals surface area contributed by atoms with E-state index in [0.29, 0.717) is 6.54 Å². The maximum atomic E-state index is 9.03. The van der Waals surface area contributed by atoms with Crippen molar-refractivity contribution in [3.05, 3.63) is 18.2 Å². The number of rotatable bonds is 4. The fourth-order valence-corrected chi connectivity index (χ4v) is 1.46. The van der Waals surface area contributed by atoms with Crippen LogP contribution in [0.2, 0.25) is 0 Å². The SMILES string of the molecule is CCC(C#N)n1ccnc1CNC(C)(C)C. The van der Waals surface area contributed by atoms with E-state index >= 15 is 0 Å². The number of nitrogens with one attached hydrogen (secondary N) is 1. The molecule has 0 aliphatic rings. The smallest absolute Gasteiger partial charge is 0.123 e. The highest BCUT2D eigenvalue weighted by Crippen LogP contribution is 2.13. The number of nitriles is 1. The van der Waals surface area contributed by atoms with Gasteiger partial charge in [0.15, 0.2) is 0 Å². The molecule has 0 amide bonds. The first-order valence-electron chi connectivity index (χ1n) is 5.64. The Labute approximate surface area is 97.3 Å². The first kappa shape index (κ1) is 12.7. The van der Waals surface area contributed by atoms with Crippen molar-refractivity contribution >= 4 is 0 Å². The molecule has 0 spiro atoms. The molecule has 0 saturated carbocycles. The maximum absolute atomic E-state index is 9.03. The first-order valence-corrected chi connectivity index (χ1v) is 5.64. The van der Waals surface area contributed by atoms with Crippen LogP contribution in [0.25, 0.3) is 0 Å². The van der Waals surface area contributed by atoms with E-state index in [9.17, 15) is 0 Å². The van der Waals surface area contributed by atoms with Gasteiger partial charge in [-0.05, 0) is 27.2 Å². The van der Waals surface area contributed by atoms with Crippen LogP contribution in [-0.2, 0) is 6.54 Å². The van der Waals surface area contributed by atoms with Crippen LogP contribution in [0.4, 0.5) is 0 Å². The van der Waals surface area contributed by atoms with E-state index in [1.54, 1.807) is 6.20 Å². The monoisotopic (exact) mass is 220 g/mol. The second-order valence-electron chi connectivity index (χ2n) is 4.91. The number of hydrogen-bond donors (Lipinski definition) is 1. The molecule has 0 fully saturated rings. The molecule has 0 bridgehead atoms. The van der Waals surface area contributed by atoms with E-state index < -0.39 is 0 Å². The Hall–Kier alpha value is -1.34. The number of aromatic nitrogens is 2. The van der Waals surface area contributed by atoms with Crippen molar-refractivity contribution in [1.29, 1.82) is 5.26 Å². The molecular formula is C12H20N4. The Morgan fingerprint density at radius 2 is 2.25 bits per heavy atom. The van der Waals surface area contributed by atoms with Gasteiger partial charge < -0.3 is 9.88 Å². The minimum absolute atomic E-state index is 0.0606. The van der Waals surface area contributed by atoms with Crippen molar-refractivity contribution in [2.45, 2.75) is 52.2 Å². The molecule has 4 nitrogen and oxygen atoms in total. The van der Waals surface area contributed by atoms with Gasteiger partial charge in [-0.25, -0.2) is 4.98 Å².